The summed E-state index contributed by atoms with van der Waals surface area (Å²) in [6.07, 6.45) is 3.02. The number of rotatable bonds is 10. The first-order valence-corrected chi connectivity index (χ1v) is 16.5. The van der Waals surface area contributed by atoms with E-state index in [1.165, 1.54) is 11.8 Å². The molecule has 2 fully saturated rings. The SMILES string of the molecule is Cn1cnnc1SC[C@@]1(c2ccc(Cl)cc2)OC[C@@H](COc2ccc(N3CCN(c4ccc(N5C=NCC5=O)cc4)CC3)cc2)O1. The molecule has 3 aromatic carbocycles. The second kappa shape index (κ2) is 13.3. The zero-order valence-corrected chi connectivity index (χ0v) is 26.9. The van der Waals surface area contributed by atoms with Crippen LogP contribution in [0.4, 0.5) is 17.1 Å². The van der Waals surface area contributed by atoms with E-state index in [-0.39, 0.29) is 18.6 Å². The maximum atomic E-state index is 12.0. The first-order chi connectivity index (χ1) is 22.5. The fourth-order valence-electron chi connectivity index (χ4n) is 5.77. The lowest BCUT2D eigenvalue weighted by molar-refractivity contribution is -0.160. The first-order valence-electron chi connectivity index (χ1n) is 15.2. The Bertz CT molecular complexity index is 1680. The molecule has 2 saturated heterocycles. The number of thioether (sulfide) groups is 1. The van der Waals surface area contributed by atoms with Crippen molar-refractivity contribution in [2.24, 2.45) is 12.0 Å². The van der Waals surface area contributed by atoms with Crippen LogP contribution in [0.3, 0.4) is 0 Å². The van der Waals surface area contributed by atoms with Gasteiger partial charge >= 0.3 is 0 Å². The van der Waals surface area contributed by atoms with Crippen molar-refractivity contribution in [3.05, 3.63) is 89.7 Å². The molecule has 11 nitrogen and oxygen atoms in total. The second-order valence-electron chi connectivity index (χ2n) is 11.3. The summed E-state index contributed by atoms with van der Waals surface area (Å²) in [6, 6.07) is 23.9. The van der Waals surface area contributed by atoms with E-state index in [4.69, 9.17) is 25.8 Å². The Labute approximate surface area is 276 Å². The van der Waals surface area contributed by atoms with Gasteiger partial charge in [-0.2, -0.15) is 0 Å². The van der Waals surface area contributed by atoms with Gasteiger partial charge in [0.1, 0.15) is 31.3 Å². The van der Waals surface area contributed by atoms with Crippen molar-refractivity contribution >= 4 is 52.7 Å². The van der Waals surface area contributed by atoms with E-state index >= 15 is 0 Å². The average molecular weight is 660 g/mol. The van der Waals surface area contributed by atoms with Crippen molar-refractivity contribution in [1.29, 1.82) is 0 Å². The topological polar surface area (TPSA) is 97.5 Å². The number of carbonyl (C=O) groups excluding carboxylic acids is 1. The normalized spacial score (nSPS) is 21.4. The van der Waals surface area contributed by atoms with Gasteiger partial charge in [0.25, 0.3) is 5.91 Å². The molecule has 3 aliphatic rings. The molecular formula is C33H34ClN7O4S. The Balaban J connectivity index is 0.916. The highest BCUT2D eigenvalue weighted by molar-refractivity contribution is 7.99. The van der Waals surface area contributed by atoms with E-state index in [2.05, 4.69) is 49.3 Å². The number of aryl methyl sites for hydroxylation is 1. The van der Waals surface area contributed by atoms with Crippen molar-refractivity contribution in [1.82, 2.24) is 14.8 Å². The molecule has 0 saturated carbocycles. The number of benzene rings is 3. The van der Waals surface area contributed by atoms with E-state index in [1.54, 1.807) is 17.6 Å². The van der Waals surface area contributed by atoms with Crippen molar-refractivity contribution < 1.29 is 19.0 Å². The summed E-state index contributed by atoms with van der Waals surface area (Å²) >= 11 is 7.69. The van der Waals surface area contributed by atoms with Gasteiger partial charge in [0.2, 0.25) is 5.79 Å². The van der Waals surface area contributed by atoms with E-state index in [0.717, 1.165) is 59.7 Å². The predicted octanol–water partition coefficient (Wildman–Crippen LogP) is 4.61. The van der Waals surface area contributed by atoms with Gasteiger partial charge in [-0.05, 0) is 60.7 Å². The van der Waals surface area contributed by atoms with Gasteiger partial charge in [-0.1, -0.05) is 35.5 Å². The number of ether oxygens (including phenoxy) is 3. The monoisotopic (exact) mass is 659 g/mol. The molecule has 4 aromatic rings. The molecule has 4 heterocycles. The molecule has 0 radical (unpaired) electrons. The third-order valence-electron chi connectivity index (χ3n) is 8.31. The van der Waals surface area contributed by atoms with Crippen LogP contribution in [0, 0.1) is 0 Å². The molecule has 0 bridgehead atoms. The summed E-state index contributed by atoms with van der Waals surface area (Å²) < 4.78 is 20.9. The van der Waals surface area contributed by atoms with E-state index in [9.17, 15) is 4.79 Å². The third-order valence-corrected chi connectivity index (χ3v) is 9.71. The molecule has 2 atom stereocenters. The van der Waals surface area contributed by atoms with Gasteiger partial charge in [0.15, 0.2) is 5.16 Å². The standard InChI is InChI=1S/C33H34ClN7O4S/c1-38-23-36-37-32(38)46-21-33(24-2-4-25(34)5-3-24)44-20-30(45-33)19-43-29-12-10-27(11-13-29)40-16-14-39(15-17-40)26-6-8-28(9-7-26)41-22-35-18-31(41)42/h2-13,22-23,30H,14-21H2,1H3/t30-,33-/m1/s1. The molecule has 7 rings (SSSR count). The summed E-state index contributed by atoms with van der Waals surface area (Å²) in [5, 5.41) is 9.59. The molecule has 0 unspecified atom stereocenters. The van der Waals surface area contributed by atoms with Gasteiger partial charge < -0.3 is 28.6 Å². The number of hydrogen-bond donors (Lipinski definition) is 0. The number of halogens is 1. The van der Waals surface area contributed by atoms with Crippen LogP contribution in [0.25, 0.3) is 0 Å². The van der Waals surface area contributed by atoms with Crippen LogP contribution in [0.5, 0.6) is 5.75 Å². The van der Waals surface area contributed by atoms with Crippen LogP contribution in [0.15, 0.2) is 89.3 Å². The van der Waals surface area contributed by atoms with Crippen LogP contribution < -0.4 is 19.4 Å². The minimum Gasteiger partial charge on any atom is -0.491 e. The van der Waals surface area contributed by atoms with E-state index < -0.39 is 5.79 Å². The molecule has 238 valence electrons. The summed E-state index contributed by atoms with van der Waals surface area (Å²) in [5.41, 5.74) is 4.06. The summed E-state index contributed by atoms with van der Waals surface area (Å²) in [5.74, 6) is 0.329. The predicted molar refractivity (Wildman–Crippen MR) is 179 cm³/mol. The van der Waals surface area contributed by atoms with E-state index in [0.29, 0.717) is 24.0 Å². The van der Waals surface area contributed by atoms with Crippen molar-refractivity contribution in [3.63, 3.8) is 0 Å². The summed E-state index contributed by atoms with van der Waals surface area (Å²) in [4.78, 5) is 22.4. The average Bonchev–Trinajstić information content (AvgIpc) is 3.84. The molecule has 0 aliphatic carbocycles. The number of amides is 1. The third kappa shape index (κ3) is 6.57. The molecule has 1 aromatic heterocycles. The zero-order chi connectivity index (χ0) is 31.5. The molecular weight excluding hydrogens is 626 g/mol. The maximum absolute atomic E-state index is 12.0. The molecule has 46 heavy (non-hydrogen) atoms. The molecule has 13 heteroatoms. The smallest absolute Gasteiger partial charge is 0.253 e. The molecule has 0 spiro atoms. The van der Waals surface area contributed by atoms with Crippen molar-refractivity contribution in [2.75, 3.05) is 66.4 Å². The van der Waals surface area contributed by atoms with Gasteiger partial charge in [0, 0.05) is 60.9 Å². The highest BCUT2D eigenvalue weighted by Gasteiger charge is 2.44. The van der Waals surface area contributed by atoms with Crippen LogP contribution in [0.1, 0.15) is 5.56 Å². The molecule has 0 N–H and O–H groups in total. The van der Waals surface area contributed by atoms with E-state index in [1.807, 2.05) is 60.1 Å². The zero-order valence-electron chi connectivity index (χ0n) is 25.4. The number of nitrogens with zero attached hydrogens (tertiary/aromatic N) is 7. The second-order valence-corrected chi connectivity index (χ2v) is 12.7. The Morgan fingerprint density at radius 3 is 2.20 bits per heavy atom. The molecule has 1 amide bonds. The highest BCUT2D eigenvalue weighted by Crippen LogP contribution is 2.39. The lowest BCUT2D eigenvalue weighted by atomic mass is 10.1. The van der Waals surface area contributed by atoms with Crippen LogP contribution in [-0.4, -0.2) is 84.8 Å². The quantitative estimate of drug-likeness (QED) is 0.226. The minimum absolute atomic E-state index is 0.000368. The fraction of sp³-hybridized carbons (Fsp3) is 0.333. The summed E-state index contributed by atoms with van der Waals surface area (Å²) in [7, 11) is 1.91. The Kier molecular flexibility index (Phi) is 8.85. The Morgan fingerprint density at radius 2 is 1.59 bits per heavy atom. The van der Waals surface area contributed by atoms with Crippen molar-refractivity contribution in [2.45, 2.75) is 17.0 Å². The lowest BCUT2D eigenvalue weighted by Crippen LogP contribution is -2.46. The Hall–Kier alpha value is -4.10. The van der Waals surface area contributed by atoms with Gasteiger partial charge in [-0.3, -0.25) is 14.7 Å². The van der Waals surface area contributed by atoms with Crippen LogP contribution >= 0.6 is 23.4 Å². The summed E-state index contributed by atoms with van der Waals surface area (Å²) in [6.45, 7) is 4.61. The van der Waals surface area contributed by atoms with Gasteiger partial charge in [-0.25, -0.2) is 0 Å². The van der Waals surface area contributed by atoms with Crippen LogP contribution in [-0.2, 0) is 27.1 Å². The largest absolute Gasteiger partial charge is 0.491 e. The number of carbonyl (C=O) groups is 1. The fourth-order valence-corrected chi connectivity index (χ4v) is 6.88. The van der Waals surface area contributed by atoms with Gasteiger partial charge in [0.05, 0.1) is 18.7 Å². The van der Waals surface area contributed by atoms with Crippen LogP contribution in [0.2, 0.25) is 5.02 Å². The number of aromatic nitrogens is 3. The number of hydrogen-bond acceptors (Lipinski definition) is 10. The lowest BCUT2D eigenvalue weighted by Gasteiger charge is -2.37. The maximum Gasteiger partial charge on any atom is 0.253 e. The number of aliphatic imine (C=N–C) groups is 1. The number of piperazine rings is 1. The first kappa shape index (κ1) is 30.5. The van der Waals surface area contributed by atoms with Gasteiger partial charge in [-0.15, -0.1) is 10.2 Å². The number of anilines is 3. The minimum atomic E-state index is -0.953. The highest BCUT2D eigenvalue weighted by atomic mass is 35.5. The van der Waals surface area contributed by atoms with Crippen molar-refractivity contribution in [3.8, 4) is 5.75 Å². The Morgan fingerprint density at radius 1 is 0.935 bits per heavy atom. The molecule has 3 aliphatic heterocycles.